The number of hydrogen-bond donors (Lipinski definition) is 1. The number of ether oxygens (including phenoxy) is 3. The van der Waals surface area contributed by atoms with Crippen LogP contribution >= 0.6 is 0 Å². The molecule has 31 heavy (non-hydrogen) atoms. The Kier molecular flexibility index (Phi) is 16.9. The first-order chi connectivity index (χ1) is 14.8. The summed E-state index contributed by atoms with van der Waals surface area (Å²) >= 11 is 0. The van der Waals surface area contributed by atoms with Gasteiger partial charge in [-0.25, -0.2) is 0 Å². The van der Waals surface area contributed by atoms with E-state index >= 15 is 0 Å². The zero-order valence-electron chi connectivity index (χ0n) is 20.9. The third-order valence-corrected chi connectivity index (χ3v) is 5.21. The molecule has 5 nitrogen and oxygen atoms in total. The van der Waals surface area contributed by atoms with Crippen molar-refractivity contribution in [2.75, 3.05) is 27.4 Å². The summed E-state index contributed by atoms with van der Waals surface area (Å²) in [6.45, 7) is 12.3. The fourth-order valence-corrected chi connectivity index (χ4v) is 3.48. The molecule has 180 valence electrons. The maximum absolute atomic E-state index is 10.7. The lowest BCUT2D eigenvalue weighted by Gasteiger charge is -2.25. The number of carboxylic acids is 1. The van der Waals surface area contributed by atoms with E-state index in [2.05, 4.69) is 46.8 Å². The van der Waals surface area contributed by atoms with Gasteiger partial charge in [-0.05, 0) is 54.7 Å². The van der Waals surface area contributed by atoms with E-state index in [1.54, 1.807) is 14.2 Å². The van der Waals surface area contributed by atoms with E-state index in [4.69, 9.17) is 19.3 Å². The molecule has 5 heteroatoms. The molecule has 0 aliphatic heterocycles. The van der Waals surface area contributed by atoms with Crippen LogP contribution in [0.5, 0.6) is 11.5 Å². The molecule has 0 radical (unpaired) electrons. The average Bonchev–Trinajstić information content (AvgIpc) is 2.71. The minimum absolute atomic E-state index is 0.263. The molecule has 0 spiro atoms. The van der Waals surface area contributed by atoms with Crippen LogP contribution in [0.15, 0.2) is 18.2 Å². The summed E-state index contributed by atoms with van der Waals surface area (Å²) in [5.41, 5.74) is 1.25. The molecule has 0 saturated heterocycles. The molecule has 1 aromatic rings. The Bertz CT molecular complexity index is 585. The molecular formula is C26H46O5. The monoisotopic (exact) mass is 438 g/mol. The molecule has 1 aromatic carbocycles. The van der Waals surface area contributed by atoms with Crippen molar-refractivity contribution in [1.29, 1.82) is 0 Å². The van der Waals surface area contributed by atoms with Crippen LogP contribution in [0.2, 0.25) is 0 Å². The molecule has 0 bridgehead atoms. The predicted molar refractivity (Wildman–Crippen MR) is 128 cm³/mol. The molecule has 0 aliphatic carbocycles. The topological polar surface area (TPSA) is 65.0 Å². The first-order valence-corrected chi connectivity index (χ1v) is 11.8. The average molecular weight is 439 g/mol. The number of aliphatic carboxylic acids is 1. The van der Waals surface area contributed by atoms with Crippen molar-refractivity contribution in [2.24, 2.45) is 17.8 Å². The molecule has 0 aromatic heterocycles. The summed E-state index contributed by atoms with van der Waals surface area (Å²) in [5, 5.41) is 8.82. The van der Waals surface area contributed by atoms with E-state index in [9.17, 15) is 4.79 Å². The Morgan fingerprint density at radius 1 is 1.03 bits per heavy atom. The van der Waals surface area contributed by atoms with Crippen LogP contribution in [0.1, 0.15) is 78.7 Å². The maximum atomic E-state index is 10.7. The summed E-state index contributed by atoms with van der Waals surface area (Å²) < 4.78 is 16.4. The second-order valence-electron chi connectivity index (χ2n) is 8.72. The van der Waals surface area contributed by atoms with Gasteiger partial charge in [0.15, 0.2) is 11.5 Å². The third kappa shape index (κ3) is 14.0. The van der Waals surface area contributed by atoms with Gasteiger partial charge in [0.05, 0.1) is 13.7 Å². The fraction of sp³-hybridized carbons (Fsp3) is 0.731. The van der Waals surface area contributed by atoms with Gasteiger partial charge in [-0.2, -0.15) is 0 Å². The summed E-state index contributed by atoms with van der Waals surface area (Å²) in [4.78, 5) is 10.7. The zero-order chi connectivity index (χ0) is 23.6. The largest absolute Gasteiger partial charge is 0.493 e. The van der Waals surface area contributed by atoms with Crippen molar-refractivity contribution in [3.8, 4) is 11.5 Å². The first kappa shape index (κ1) is 29.2. The Hall–Kier alpha value is -1.75. The Balaban J connectivity index is 0.00000282. The molecular weight excluding hydrogens is 392 g/mol. The number of rotatable bonds is 15. The van der Waals surface area contributed by atoms with E-state index in [0.29, 0.717) is 31.0 Å². The lowest BCUT2D eigenvalue weighted by Crippen LogP contribution is -2.16. The SMILES string of the molecule is CCC.COCCCOc1cc(CC(CC(C)CCCC(=O)O)C(C)C)ccc1OC. The van der Waals surface area contributed by atoms with Gasteiger partial charge >= 0.3 is 5.97 Å². The van der Waals surface area contributed by atoms with Crippen LogP contribution in [0.3, 0.4) is 0 Å². The summed E-state index contributed by atoms with van der Waals surface area (Å²) in [6, 6.07) is 6.19. The highest BCUT2D eigenvalue weighted by Gasteiger charge is 2.19. The molecule has 0 saturated carbocycles. The van der Waals surface area contributed by atoms with Crippen molar-refractivity contribution in [3.05, 3.63) is 23.8 Å². The maximum Gasteiger partial charge on any atom is 0.303 e. The number of hydrogen-bond acceptors (Lipinski definition) is 4. The predicted octanol–water partition coefficient (Wildman–Crippen LogP) is 6.62. The highest BCUT2D eigenvalue weighted by molar-refractivity contribution is 5.66. The van der Waals surface area contributed by atoms with Gasteiger partial charge in [0.2, 0.25) is 0 Å². The number of methoxy groups -OCH3 is 2. The van der Waals surface area contributed by atoms with Gasteiger partial charge < -0.3 is 19.3 Å². The van der Waals surface area contributed by atoms with Crippen molar-refractivity contribution >= 4 is 5.97 Å². The molecule has 2 atom stereocenters. The number of carboxylic acid groups (broad SMARTS) is 1. The highest BCUT2D eigenvalue weighted by atomic mass is 16.5. The van der Waals surface area contributed by atoms with Gasteiger partial charge in [-0.15, -0.1) is 0 Å². The van der Waals surface area contributed by atoms with Crippen molar-refractivity contribution in [1.82, 2.24) is 0 Å². The molecule has 2 unspecified atom stereocenters. The van der Waals surface area contributed by atoms with E-state index in [-0.39, 0.29) is 6.42 Å². The van der Waals surface area contributed by atoms with Gasteiger partial charge in [-0.1, -0.05) is 53.5 Å². The molecule has 0 amide bonds. The Morgan fingerprint density at radius 2 is 1.71 bits per heavy atom. The zero-order valence-corrected chi connectivity index (χ0v) is 20.9. The van der Waals surface area contributed by atoms with Crippen LogP contribution in [-0.4, -0.2) is 38.5 Å². The summed E-state index contributed by atoms with van der Waals surface area (Å²) in [6.07, 6.45) is 6.16. The lowest BCUT2D eigenvalue weighted by molar-refractivity contribution is -0.137. The second kappa shape index (κ2) is 17.9. The summed E-state index contributed by atoms with van der Waals surface area (Å²) in [7, 11) is 3.35. The van der Waals surface area contributed by atoms with Crippen LogP contribution in [0.25, 0.3) is 0 Å². The number of benzene rings is 1. The van der Waals surface area contributed by atoms with E-state index in [0.717, 1.165) is 43.6 Å². The highest BCUT2D eigenvalue weighted by Crippen LogP contribution is 2.32. The Labute approximate surface area is 190 Å². The molecule has 0 aliphatic rings. The molecule has 1 rings (SSSR count). The first-order valence-electron chi connectivity index (χ1n) is 11.8. The number of carbonyl (C=O) groups is 1. The Morgan fingerprint density at radius 3 is 2.26 bits per heavy atom. The molecule has 1 N–H and O–H groups in total. The van der Waals surface area contributed by atoms with E-state index in [1.807, 2.05) is 6.07 Å². The van der Waals surface area contributed by atoms with Crippen LogP contribution < -0.4 is 9.47 Å². The van der Waals surface area contributed by atoms with Gasteiger partial charge in [0.25, 0.3) is 0 Å². The van der Waals surface area contributed by atoms with Crippen molar-refractivity contribution in [3.63, 3.8) is 0 Å². The van der Waals surface area contributed by atoms with E-state index < -0.39 is 5.97 Å². The molecule has 0 heterocycles. The summed E-state index contributed by atoms with van der Waals surface area (Å²) in [5.74, 6) is 2.47. The van der Waals surface area contributed by atoms with Crippen molar-refractivity contribution in [2.45, 2.75) is 79.6 Å². The molecule has 0 fully saturated rings. The van der Waals surface area contributed by atoms with E-state index in [1.165, 1.54) is 12.0 Å². The van der Waals surface area contributed by atoms with Crippen LogP contribution in [0, 0.1) is 17.8 Å². The van der Waals surface area contributed by atoms with Gasteiger partial charge in [0.1, 0.15) is 0 Å². The minimum atomic E-state index is -0.705. The van der Waals surface area contributed by atoms with Gasteiger partial charge in [0, 0.05) is 26.6 Å². The third-order valence-electron chi connectivity index (χ3n) is 5.21. The fourth-order valence-electron chi connectivity index (χ4n) is 3.48. The quantitative estimate of drug-likeness (QED) is 0.312. The smallest absolute Gasteiger partial charge is 0.303 e. The normalized spacial score (nSPS) is 12.6. The van der Waals surface area contributed by atoms with Crippen LogP contribution in [-0.2, 0) is 16.0 Å². The lowest BCUT2D eigenvalue weighted by atomic mass is 9.81. The van der Waals surface area contributed by atoms with Crippen molar-refractivity contribution < 1.29 is 24.1 Å². The second-order valence-corrected chi connectivity index (χ2v) is 8.72. The minimum Gasteiger partial charge on any atom is -0.493 e. The van der Waals surface area contributed by atoms with Crippen LogP contribution in [0.4, 0.5) is 0 Å². The standard InChI is InChI=1S/C23H38O5.C3H8/c1-17(2)20(14-18(3)8-6-9-23(24)25)15-19-10-11-21(27-5)22(16-19)28-13-7-12-26-4;1-3-2/h10-11,16-18,20H,6-9,12-15H2,1-5H3,(H,24,25);3H2,1-2H3. The van der Waals surface area contributed by atoms with Gasteiger partial charge in [-0.3, -0.25) is 4.79 Å².